The zero-order valence-electron chi connectivity index (χ0n) is 7.24. The lowest BCUT2D eigenvalue weighted by atomic mass is 10.4. The quantitative estimate of drug-likeness (QED) is 0.492. The fourth-order valence-electron chi connectivity index (χ4n) is 1.09. The average molecular weight is 165 g/mol. The summed E-state index contributed by atoms with van der Waals surface area (Å²) in [7, 11) is 0. The van der Waals surface area contributed by atoms with E-state index in [0.29, 0.717) is 13.1 Å². The molecule has 0 spiro atoms. The molecular formula is C8H11N3O. The molecule has 0 saturated heterocycles. The zero-order valence-corrected chi connectivity index (χ0v) is 7.24. The Kier molecular flexibility index (Phi) is 2.77. The first kappa shape index (κ1) is 8.68. The van der Waals surface area contributed by atoms with Crippen molar-refractivity contribution in [2.24, 2.45) is 4.99 Å². The molecule has 0 aromatic carbocycles. The first-order chi connectivity index (χ1) is 5.74. The molecule has 0 aliphatic heterocycles. The maximum atomic E-state index is 9.76. The molecule has 1 aromatic heterocycles. The molecule has 0 fully saturated rings. The first-order valence-electron chi connectivity index (χ1n) is 3.78. The van der Waals surface area contributed by atoms with Gasteiger partial charge in [0, 0.05) is 5.69 Å². The van der Waals surface area contributed by atoms with Crippen molar-refractivity contribution in [2.75, 3.05) is 6.54 Å². The van der Waals surface area contributed by atoms with E-state index >= 15 is 0 Å². The van der Waals surface area contributed by atoms with Crippen LogP contribution in [0, 0.1) is 13.8 Å². The Labute approximate surface area is 70.9 Å². The molecule has 0 unspecified atom stereocenters. The number of nitrogens with zero attached hydrogens (tertiary/aromatic N) is 3. The van der Waals surface area contributed by atoms with Crippen molar-refractivity contribution in [3.05, 3.63) is 17.5 Å². The Hall–Kier alpha value is -1.41. The van der Waals surface area contributed by atoms with Crippen LogP contribution >= 0.6 is 0 Å². The van der Waals surface area contributed by atoms with Gasteiger partial charge in [0.15, 0.2) is 0 Å². The second-order valence-corrected chi connectivity index (χ2v) is 2.62. The van der Waals surface area contributed by atoms with E-state index in [1.165, 1.54) is 6.08 Å². The number of isocyanates is 1. The van der Waals surface area contributed by atoms with E-state index in [-0.39, 0.29) is 0 Å². The lowest BCUT2D eigenvalue weighted by Crippen LogP contribution is -2.04. The second kappa shape index (κ2) is 3.83. The van der Waals surface area contributed by atoms with Crippen LogP contribution in [-0.2, 0) is 11.3 Å². The Morgan fingerprint density at radius 2 is 2.42 bits per heavy atom. The van der Waals surface area contributed by atoms with Gasteiger partial charge in [0.25, 0.3) is 0 Å². The van der Waals surface area contributed by atoms with Gasteiger partial charge >= 0.3 is 0 Å². The van der Waals surface area contributed by atoms with E-state index in [0.717, 1.165) is 11.4 Å². The van der Waals surface area contributed by atoms with Gasteiger partial charge in [0.2, 0.25) is 6.08 Å². The Balaban J connectivity index is 2.62. The van der Waals surface area contributed by atoms with E-state index in [1.54, 1.807) is 0 Å². The molecular weight excluding hydrogens is 154 g/mol. The minimum atomic E-state index is 0.450. The highest BCUT2D eigenvalue weighted by atomic mass is 16.1. The molecule has 0 amide bonds. The molecule has 1 heterocycles. The molecule has 0 bridgehead atoms. The van der Waals surface area contributed by atoms with Crippen LogP contribution in [0.25, 0.3) is 0 Å². The monoisotopic (exact) mass is 165 g/mol. The summed E-state index contributed by atoms with van der Waals surface area (Å²) in [6, 6.07) is 1.99. The summed E-state index contributed by atoms with van der Waals surface area (Å²) < 4.78 is 1.83. The molecule has 0 atom stereocenters. The van der Waals surface area contributed by atoms with Crippen LogP contribution in [0.2, 0.25) is 0 Å². The van der Waals surface area contributed by atoms with E-state index in [1.807, 2.05) is 24.6 Å². The molecule has 64 valence electrons. The molecule has 0 N–H and O–H groups in total. The summed E-state index contributed by atoms with van der Waals surface area (Å²) in [5.41, 5.74) is 2.08. The average Bonchev–Trinajstić information content (AvgIpc) is 2.31. The first-order valence-corrected chi connectivity index (χ1v) is 3.78. The normalized spacial score (nSPS) is 9.50. The molecule has 4 nitrogen and oxygen atoms in total. The number of aromatic nitrogens is 2. The van der Waals surface area contributed by atoms with Crippen LogP contribution < -0.4 is 0 Å². The number of aryl methyl sites for hydroxylation is 2. The van der Waals surface area contributed by atoms with Crippen molar-refractivity contribution in [1.82, 2.24) is 9.78 Å². The maximum Gasteiger partial charge on any atom is 0.235 e. The summed E-state index contributed by atoms with van der Waals surface area (Å²) in [6.45, 7) is 5.01. The number of carbonyl (C=O) groups excluding carboxylic acids is 1. The van der Waals surface area contributed by atoms with Crippen molar-refractivity contribution in [3.8, 4) is 0 Å². The van der Waals surface area contributed by atoms with Gasteiger partial charge in [-0.15, -0.1) is 0 Å². The summed E-state index contributed by atoms with van der Waals surface area (Å²) in [4.78, 5) is 13.2. The summed E-state index contributed by atoms with van der Waals surface area (Å²) in [5, 5.41) is 4.21. The third-order valence-electron chi connectivity index (χ3n) is 1.59. The summed E-state index contributed by atoms with van der Waals surface area (Å²) in [5.74, 6) is 0. The largest absolute Gasteiger partial charge is 0.268 e. The molecule has 12 heavy (non-hydrogen) atoms. The molecule has 0 aliphatic rings. The molecule has 1 aromatic rings. The van der Waals surface area contributed by atoms with Crippen molar-refractivity contribution >= 4 is 6.08 Å². The van der Waals surface area contributed by atoms with E-state index < -0.39 is 0 Å². The second-order valence-electron chi connectivity index (χ2n) is 2.62. The predicted octanol–water partition coefficient (Wildman–Crippen LogP) is 0.836. The SMILES string of the molecule is Cc1cc(C)n(CCN=C=O)n1. The van der Waals surface area contributed by atoms with Crippen molar-refractivity contribution < 1.29 is 4.79 Å². The van der Waals surface area contributed by atoms with Gasteiger partial charge in [-0.1, -0.05) is 0 Å². The summed E-state index contributed by atoms with van der Waals surface area (Å²) in [6.07, 6.45) is 1.50. The topological polar surface area (TPSA) is 47.2 Å². The summed E-state index contributed by atoms with van der Waals surface area (Å²) >= 11 is 0. The smallest absolute Gasteiger partial charge is 0.235 e. The van der Waals surface area contributed by atoms with Gasteiger partial charge in [-0.05, 0) is 19.9 Å². The van der Waals surface area contributed by atoms with Gasteiger partial charge in [0.1, 0.15) is 0 Å². The fourth-order valence-corrected chi connectivity index (χ4v) is 1.09. The highest BCUT2D eigenvalue weighted by Gasteiger charge is 1.98. The van der Waals surface area contributed by atoms with Gasteiger partial charge in [0.05, 0.1) is 18.8 Å². The zero-order chi connectivity index (χ0) is 8.97. The van der Waals surface area contributed by atoms with Crippen LogP contribution in [0.5, 0.6) is 0 Å². The lowest BCUT2D eigenvalue weighted by molar-refractivity contribution is 0.556. The Morgan fingerprint density at radius 1 is 1.67 bits per heavy atom. The number of hydrogen-bond donors (Lipinski definition) is 0. The van der Waals surface area contributed by atoms with Crippen LogP contribution in [0.4, 0.5) is 0 Å². The van der Waals surface area contributed by atoms with Crippen LogP contribution in [0.3, 0.4) is 0 Å². The number of rotatable bonds is 3. The maximum absolute atomic E-state index is 9.76. The van der Waals surface area contributed by atoms with Crippen molar-refractivity contribution in [1.29, 1.82) is 0 Å². The highest BCUT2D eigenvalue weighted by Crippen LogP contribution is 2.00. The van der Waals surface area contributed by atoms with Gasteiger partial charge < -0.3 is 0 Å². The van der Waals surface area contributed by atoms with Crippen LogP contribution in [0.15, 0.2) is 11.1 Å². The minimum Gasteiger partial charge on any atom is -0.268 e. The molecule has 1 rings (SSSR count). The lowest BCUT2D eigenvalue weighted by Gasteiger charge is -1.98. The Morgan fingerprint density at radius 3 is 2.92 bits per heavy atom. The van der Waals surface area contributed by atoms with Gasteiger partial charge in [-0.3, -0.25) is 4.68 Å². The molecule has 0 aliphatic carbocycles. The standard InChI is InChI=1S/C8H11N3O/c1-7-5-8(2)11(10-7)4-3-9-6-12/h5H,3-4H2,1-2H3. The molecule has 0 saturated carbocycles. The van der Waals surface area contributed by atoms with E-state index in [9.17, 15) is 4.79 Å². The fraction of sp³-hybridized carbons (Fsp3) is 0.500. The molecule has 4 heteroatoms. The van der Waals surface area contributed by atoms with Crippen molar-refractivity contribution in [3.63, 3.8) is 0 Å². The van der Waals surface area contributed by atoms with Crippen LogP contribution in [0.1, 0.15) is 11.4 Å². The highest BCUT2D eigenvalue weighted by molar-refractivity contribution is 5.32. The van der Waals surface area contributed by atoms with E-state index in [4.69, 9.17) is 0 Å². The number of hydrogen-bond acceptors (Lipinski definition) is 3. The minimum absolute atomic E-state index is 0.450. The van der Waals surface area contributed by atoms with Gasteiger partial charge in [-0.25, -0.2) is 9.79 Å². The van der Waals surface area contributed by atoms with Crippen molar-refractivity contribution in [2.45, 2.75) is 20.4 Å². The Bertz CT molecular complexity index is 310. The predicted molar refractivity (Wildman–Crippen MR) is 44.7 cm³/mol. The van der Waals surface area contributed by atoms with Crippen LogP contribution in [-0.4, -0.2) is 22.4 Å². The molecule has 0 radical (unpaired) electrons. The third-order valence-corrected chi connectivity index (χ3v) is 1.59. The number of aliphatic imine (C=N–C) groups is 1. The van der Waals surface area contributed by atoms with E-state index in [2.05, 4.69) is 10.1 Å². The van der Waals surface area contributed by atoms with Gasteiger partial charge in [-0.2, -0.15) is 5.10 Å². The third kappa shape index (κ3) is 2.04.